The average molecular weight is 285 g/mol. The van der Waals surface area contributed by atoms with Crippen LogP contribution in [0.5, 0.6) is 5.75 Å². The van der Waals surface area contributed by atoms with Crippen LogP contribution in [0, 0.1) is 0 Å². The Morgan fingerprint density at radius 1 is 1.14 bits per heavy atom. The minimum absolute atomic E-state index is 0.144. The summed E-state index contributed by atoms with van der Waals surface area (Å²) in [5, 5.41) is 12.7. The molecule has 2 aromatic carbocycles. The molecule has 0 bridgehead atoms. The van der Waals surface area contributed by atoms with E-state index in [1.54, 1.807) is 7.11 Å². The fourth-order valence-electron chi connectivity index (χ4n) is 2.09. The molecular weight excluding hydrogens is 266 g/mol. The van der Waals surface area contributed by atoms with Crippen molar-refractivity contribution in [2.75, 3.05) is 13.7 Å². The summed E-state index contributed by atoms with van der Waals surface area (Å²) in [7, 11) is 1.58. The number of aliphatic hydroxyl groups is 1. The summed E-state index contributed by atoms with van der Waals surface area (Å²) >= 11 is 0. The van der Waals surface area contributed by atoms with E-state index in [0.717, 1.165) is 11.1 Å². The van der Waals surface area contributed by atoms with Crippen LogP contribution in [0.25, 0.3) is 0 Å². The van der Waals surface area contributed by atoms with Crippen LogP contribution in [0.3, 0.4) is 0 Å². The molecule has 0 saturated heterocycles. The number of rotatable bonds is 6. The van der Waals surface area contributed by atoms with Crippen molar-refractivity contribution < 1.29 is 14.6 Å². The van der Waals surface area contributed by atoms with Crippen molar-refractivity contribution in [3.8, 4) is 5.75 Å². The van der Waals surface area contributed by atoms with Crippen molar-refractivity contribution in [3.05, 3.63) is 65.7 Å². The second-order valence-corrected chi connectivity index (χ2v) is 4.72. The van der Waals surface area contributed by atoms with Gasteiger partial charge < -0.3 is 15.2 Å². The first-order valence-corrected chi connectivity index (χ1v) is 6.82. The minimum Gasteiger partial charge on any atom is -0.496 e. The zero-order valence-electron chi connectivity index (χ0n) is 12.0. The summed E-state index contributed by atoms with van der Waals surface area (Å²) < 4.78 is 5.21. The Labute approximate surface area is 124 Å². The molecular formula is C17H19NO3. The van der Waals surface area contributed by atoms with E-state index in [0.29, 0.717) is 5.75 Å². The second-order valence-electron chi connectivity index (χ2n) is 4.72. The fourth-order valence-corrected chi connectivity index (χ4v) is 2.09. The van der Waals surface area contributed by atoms with Crippen LogP contribution >= 0.6 is 0 Å². The maximum Gasteiger partial charge on any atom is 0.224 e. The number of ether oxygens (including phenoxy) is 1. The van der Waals surface area contributed by atoms with E-state index in [1.807, 2.05) is 54.6 Å². The molecule has 21 heavy (non-hydrogen) atoms. The van der Waals surface area contributed by atoms with Gasteiger partial charge >= 0.3 is 0 Å². The SMILES string of the molecule is COc1ccccc1CC(=O)NCC(O)c1ccccc1. The smallest absolute Gasteiger partial charge is 0.224 e. The van der Waals surface area contributed by atoms with E-state index in [9.17, 15) is 9.90 Å². The molecule has 0 aromatic heterocycles. The monoisotopic (exact) mass is 285 g/mol. The summed E-state index contributed by atoms with van der Waals surface area (Å²) in [5.41, 5.74) is 1.61. The third-order valence-electron chi connectivity index (χ3n) is 3.22. The Hall–Kier alpha value is -2.33. The molecule has 110 valence electrons. The van der Waals surface area contributed by atoms with Gasteiger partial charge in [0.1, 0.15) is 5.75 Å². The Bertz CT molecular complexity index is 584. The van der Waals surface area contributed by atoms with Gasteiger partial charge in [0.2, 0.25) is 5.91 Å². The van der Waals surface area contributed by atoms with Crippen molar-refractivity contribution in [1.29, 1.82) is 0 Å². The Morgan fingerprint density at radius 3 is 2.52 bits per heavy atom. The molecule has 1 unspecified atom stereocenters. The number of carbonyl (C=O) groups excluding carboxylic acids is 1. The number of amides is 1. The van der Waals surface area contributed by atoms with Gasteiger partial charge in [0.25, 0.3) is 0 Å². The number of benzene rings is 2. The van der Waals surface area contributed by atoms with Gasteiger partial charge in [-0.3, -0.25) is 4.79 Å². The summed E-state index contributed by atoms with van der Waals surface area (Å²) in [5.74, 6) is 0.547. The minimum atomic E-state index is -0.701. The highest BCUT2D eigenvalue weighted by Crippen LogP contribution is 2.17. The summed E-state index contributed by atoms with van der Waals surface area (Å²) in [4.78, 5) is 11.9. The highest BCUT2D eigenvalue weighted by molar-refractivity contribution is 5.79. The van der Waals surface area contributed by atoms with Crippen molar-refractivity contribution >= 4 is 5.91 Å². The molecule has 4 nitrogen and oxygen atoms in total. The summed E-state index contributed by atoms with van der Waals surface area (Å²) in [6.07, 6.45) is -0.473. The van der Waals surface area contributed by atoms with Crippen molar-refractivity contribution in [3.63, 3.8) is 0 Å². The number of hydrogen-bond acceptors (Lipinski definition) is 3. The van der Waals surface area contributed by atoms with Crippen molar-refractivity contribution in [1.82, 2.24) is 5.32 Å². The lowest BCUT2D eigenvalue weighted by Crippen LogP contribution is -2.29. The molecule has 0 aliphatic carbocycles. The quantitative estimate of drug-likeness (QED) is 0.854. The third-order valence-corrected chi connectivity index (χ3v) is 3.22. The molecule has 0 fully saturated rings. The third kappa shape index (κ3) is 4.33. The lowest BCUT2D eigenvalue weighted by molar-refractivity contribution is -0.120. The first-order valence-electron chi connectivity index (χ1n) is 6.82. The Morgan fingerprint density at radius 2 is 1.81 bits per heavy atom. The molecule has 4 heteroatoms. The molecule has 2 N–H and O–H groups in total. The van der Waals surface area contributed by atoms with Crippen LogP contribution < -0.4 is 10.1 Å². The van der Waals surface area contributed by atoms with Crippen LogP contribution in [0.4, 0.5) is 0 Å². The van der Waals surface area contributed by atoms with Crippen LogP contribution in [0.15, 0.2) is 54.6 Å². The van der Waals surface area contributed by atoms with E-state index < -0.39 is 6.10 Å². The molecule has 0 radical (unpaired) electrons. The largest absolute Gasteiger partial charge is 0.496 e. The van der Waals surface area contributed by atoms with E-state index in [-0.39, 0.29) is 18.9 Å². The zero-order chi connectivity index (χ0) is 15.1. The van der Waals surface area contributed by atoms with Crippen molar-refractivity contribution in [2.45, 2.75) is 12.5 Å². The molecule has 0 aliphatic heterocycles. The number of methoxy groups -OCH3 is 1. The molecule has 2 aromatic rings. The van der Waals surface area contributed by atoms with Gasteiger partial charge in [0.15, 0.2) is 0 Å². The van der Waals surface area contributed by atoms with Gasteiger partial charge in [-0.2, -0.15) is 0 Å². The van der Waals surface area contributed by atoms with E-state index in [4.69, 9.17) is 4.74 Å². The van der Waals surface area contributed by atoms with Crippen LogP contribution in [-0.4, -0.2) is 24.7 Å². The van der Waals surface area contributed by atoms with Gasteiger partial charge in [-0.15, -0.1) is 0 Å². The number of nitrogens with one attached hydrogen (secondary N) is 1. The zero-order valence-corrected chi connectivity index (χ0v) is 12.0. The first kappa shape index (κ1) is 15.1. The van der Waals surface area contributed by atoms with Gasteiger partial charge in [-0.1, -0.05) is 48.5 Å². The maximum atomic E-state index is 11.9. The molecule has 0 saturated carbocycles. The Kier molecular flexibility index (Phi) is 5.35. The molecule has 0 spiro atoms. The topological polar surface area (TPSA) is 58.6 Å². The van der Waals surface area contributed by atoms with Crippen LogP contribution in [0.1, 0.15) is 17.2 Å². The highest BCUT2D eigenvalue weighted by Gasteiger charge is 2.11. The number of hydrogen-bond donors (Lipinski definition) is 2. The van der Waals surface area contributed by atoms with Crippen molar-refractivity contribution in [2.24, 2.45) is 0 Å². The Balaban J connectivity index is 1.88. The van der Waals surface area contributed by atoms with Gasteiger partial charge in [0, 0.05) is 12.1 Å². The number of aliphatic hydroxyl groups excluding tert-OH is 1. The molecule has 2 rings (SSSR count). The average Bonchev–Trinajstić information content (AvgIpc) is 2.54. The molecule has 1 amide bonds. The first-order chi connectivity index (χ1) is 10.2. The standard InChI is InChI=1S/C17H19NO3/c1-21-16-10-6-5-9-14(16)11-17(20)18-12-15(19)13-7-3-2-4-8-13/h2-10,15,19H,11-12H2,1H3,(H,18,20). The second kappa shape index (κ2) is 7.45. The molecule has 0 aliphatic rings. The normalized spacial score (nSPS) is 11.7. The van der Waals surface area contributed by atoms with Crippen LogP contribution in [-0.2, 0) is 11.2 Å². The van der Waals surface area contributed by atoms with E-state index >= 15 is 0 Å². The van der Waals surface area contributed by atoms with Gasteiger partial charge in [-0.05, 0) is 11.6 Å². The molecule has 1 atom stereocenters. The van der Waals surface area contributed by atoms with E-state index in [1.165, 1.54) is 0 Å². The lowest BCUT2D eigenvalue weighted by atomic mass is 10.1. The summed E-state index contributed by atoms with van der Waals surface area (Å²) in [6.45, 7) is 0.192. The van der Waals surface area contributed by atoms with Crippen LogP contribution in [0.2, 0.25) is 0 Å². The lowest BCUT2D eigenvalue weighted by Gasteiger charge is -2.13. The fraction of sp³-hybridized carbons (Fsp3) is 0.235. The number of carbonyl (C=O) groups is 1. The van der Waals surface area contributed by atoms with Gasteiger partial charge in [-0.25, -0.2) is 0 Å². The predicted molar refractivity (Wildman–Crippen MR) is 81.1 cm³/mol. The maximum absolute atomic E-state index is 11.9. The van der Waals surface area contributed by atoms with E-state index in [2.05, 4.69) is 5.32 Å². The summed E-state index contributed by atoms with van der Waals surface area (Å²) in [6, 6.07) is 16.7. The predicted octanol–water partition coefficient (Wildman–Crippen LogP) is 2.09. The highest BCUT2D eigenvalue weighted by atomic mass is 16.5. The van der Waals surface area contributed by atoms with Gasteiger partial charge in [0.05, 0.1) is 19.6 Å². The molecule has 0 heterocycles. The number of para-hydroxylation sites is 1.